The van der Waals surface area contributed by atoms with E-state index in [1.165, 1.54) is 0 Å². The van der Waals surface area contributed by atoms with Gasteiger partial charge in [-0.25, -0.2) is 0 Å². The van der Waals surface area contributed by atoms with Gasteiger partial charge in [-0.05, 0) is 6.92 Å². The molecule has 2 nitrogen and oxygen atoms in total. The zero-order valence-corrected chi connectivity index (χ0v) is 5.31. The lowest BCUT2D eigenvalue weighted by molar-refractivity contribution is 0.753. The topological polar surface area (TPSA) is 17.8 Å². The van der Waals surface area contributed by atoms with Gasteiger partial charge in [0.05, 0.1) is 16.9 Å². The maximum absolute atomic E-state index is 5.58. The highest BCUT2D eigenvalue weighted by atomic mass is 35.5. The van der Waals surface area contributed by atoms with Gasteiger partial charge in [-0.1, -0.05) is 11.6 Å². The first kappa shape index (κ1) is 5.63. The van der Waals surface area contributed by atoms with E-state index in [2.05, 4.69) is 12.0 Å². The predicted molar refractivity (Wildman–Crippen MR) is 32.7 cm³/mol. The Morgan fingerprint density at radius 3 is 2.62 bits per heavy atom. The van der Waals surface area contributed by atoms with Gasteiger partial charge < -0.3 is 0 Å². The molecule has 0 unspecified atom stereocenters. The average molecular weight is 130 g/mol. The molecule has 1 rings (SSSR count). The Morgan fingerprint density at radius 2 is 2.50 bits per heavy atom. The van der Waals surface area contributed by atoms with Crippen molar-refractivity contribution in [3.8, 4) is 0 Å². The Morgan fingerprint density at radius 1 is 1.88 bits per heavy atom. The van der Waals surface area contributed by atoms with Crippen molar-refractivity contribution < 1.29 is 0 Å². The van der Waals surface area contributed by atoms with Crippen LogP contribution in [0.25, 0.3) is 0 Å². The van der Waals surface area contributed by atoms with E-state index in [9.17, 15) is 0 Å². The summed E-state index contributed by atoms with van der Waals surface area (Å²) in [6, 6.07) is 0. The fraction of sp³-hybridized carbons (Fsp3) is 0.200. The van der Waals surface area contributed by atoms with Gasteiger partial charge in [0.15, 0.2) is 0 Å². The smallest absolute Gasteiger partial charge is 0.0817 e. The summed E-state index contributed by atoms with van der Waals surface area (Å²) in [7, 11) is 1.80. The molecule has 1 heterocycles. The van der Waals surface area contributed by atoms with Crippen molar-refractivity contribution in [1.29, 1.82) is 0 Å². The van der Waals surface area contributed by atoms with Crippen molar-refractivity contribution in [1.82, 2.24) is 9.78 Å². The first-order chi connectivity index (χ1) is 3.72. The van der Waals surface area contributed by atoms with Crippen molar-refractivity contribution in [2.45, 2.75) is 0 Å². The fourth-order valence-corrected chi connectivity index (χ4v) is 0.602. The summed E-state index contributed by atoms with van der Waals surface area (Å²) in [5, 5.41) is 4.46. The van der Waals surface area contributed by atoms with E-state index in [-0.39, 0.29) is 0 Å². The van der Waals surface area contributed by atoms with Crippen LogP contribution in [0.4, 0.5) is 0 Å². The maximum atomic E-state index is 5.58. The summed E-state index contributed by atoms with van der Waals surface area (Å²) < 4.78 is 1.63. The van der Waals surface area contributed by atoms with Crippen molar-refractivity contribution in [2.75, 3.05) is 0 Å². The summed E-state index contributed by atoms with van der Waals surface area (Å²) in [4.78, 5) is 0. The number of halogens is 1. The number of hydrogen-bond acceptors (Lipinski definition) is 1. The molecule has 0 aromatic carbocycles. The molecule has 0 spiro atoms. The fourth-order valence-electron chi connectivity index (χ4n) is 0.436. The lowest BCUT2D eigenvalue weighted by Gasteiger charge is -1.89. The summed E-state index contributed by atoms with van der Waals surface area (Å²) in [5.41, 5.74) is 0.756. The average Bonchev–Trinajstić information content (AvgIpc) is 1.98. The molecule has 0 fully saturated rings. The van der Waals surface area contributed by atoms with Crippen molar-refractivity contribution >= 4 is 11.6 Å². The molecule has 1 radical (unpaired) electrons. The molecule has 1 aromatic heterocycles. The van der Waals surface area contributed by atoms with Crippen LogP contribution in [0, 0.1) is 6.92 Å². The SMILES string of the molecule is [CH2]c1c(Cl)cnn1C. The Hall–Kier alpha value is -0.500. The van der Waals surface area contributed by atoms with Crippen LogP contribution >= 0.6 is 11.6 Å². The highest BCUT2D eigenvalue weighted by Crippen LogP contribution is 2.10. The minimum Gasteiger partial charge on any atom is -0.271 e. The van der Waals surface area contributed by atoms with Gasteiger partial charge >= 0.3 is 0 Å². The first-order valence-corrected chi connectivity index (χ1v) is 2.59. The molecule has 0 amide bonds. The van der Waals surface area contributed by atoms with E-state index in [1.807, 2.05) is 0 Å². The third-order valence-corrected chi connectivity index (χ3v) is 1.33. The Bertz CT molecular complexity index is 173. The third-order valence-electron chi connectivity index (χ3n) is 1.01. The maximum Gasteiger partial charge on any atom is 0.0817 e. The molecule has 0 N–H and O–H groups in total. The molecular formula is C5H6ClN2. The predicted octanol–water partition coefficient (Wildman–Crippen LogP) is 1.26. The van der Waals surface area contributed by atoms with E-state index in [4.69, 9.17) is 11.6 Å². The lowest BCUT2D eigenvalue weighted by Crippen LogP contribution is -1.91. The summed E-state index contributed by atoms with van der Waals surface area (Å²) in [6.45, 7) is 3.65. The lowest BCUT2D eigenvalue weighted by atomic mass is 10.5. The van der Waals surface area contributed by atoms with Crippen molar-refractivity contribution in [3.05, 3.63) is 23.8 Å². The summed E-state index contributed by atoms with van der Waals surface area (Å²) >= 11 is 5.58. The van der Waals surface area contributed by atoms with Gasteiger partial charge in [0.1, 0.15) is 0 Å². The molecule has 0 atom stereocenters. The first-order valence-electron chi connectivity index (χ1n) is 2.21. The van der Waals surface area contributed by atoms with E-state index in [0.29, 0.717) is 5.02 Å². The molecule has 43 valence electrons. The molecular weight excluding hydrogens is 124 g/mol. The second-order valence-corrected chi connectivity index (χ2v) is 1.97. The molecule has 0 saturated carbocycles. The molecule has 1 aromatic rings. The van der Waals surface area contributed by atoms with Crippen LogP contribution in [0.1, 0.15) is 5.69 Å². The van der Waals surface area contributed by atoms with Gasteiger partial charge in [-0.3, -0.25) is 4.68 Å². The van der Waals surface area contributed by atoms with Crippen LogP contribution in [0.2, 0.25) is 5.02 Å². The van der Waals surface area contributed by atoms with Gasteiger partial charge in [-0.15, -0.1) is 0 Å². The van der Waals surface area contributed by atoms with E-state index >= 15 is 0 Å². The summed E-state index contributed by atoms with van der Waals surface area (Å²) in [6.07, 6.45) is 1.57. The van der Waals surface area contributed by atoms with E-state index < -0.39 is 0 Å². The van der Waals surface area contributed by atoms with Crippen molar-refractivity contribution in [2.24, 2.45) is 7.05 Å². The van der Waals surface area contributed by atoms with Gasteiger partial charge in [0.25, 0.3) is 0 Å². The van der Waals surface area contributed by atoms with Gasteiger partial charge in [-0.2, -0.15) is 5.10 Å². The number of nitrogens with zero attached hydrogens (tertiary/aromatic N) is 2. The Kier molecular flexibility index (Phi) is 1.26. The molecule has 0 aliphatic rings. The molecule has 0 aliphatic carbocycles. The standard InChI is InChI=1S/C5H6ClN2/c1-4-5(6)3-7-8(4)2/h3H,1H2,2H3. The number of hydrogen-bond donors (Lipinski definition) is 0. The van der Waals surface area contributed by atoms with Gasteiger partial charge in [0, 0.05) is 7.05 Å². The van der Waals surface area contributed by atoms with Crippen LogP contribution in [-0.2, 0) is 7.05 Å². The molecule has 3 heteroatoms. The normalized spacial score (nSPS) is 9.88. The molecule has 0 saturated heterocycles. The highest BCUT2D eigenvalue weighted by Gasteiger charge is 1.96. The highest BCUT2D eigenvalue weighted by molar-refractivity contribution is 6.31. The second kappa shape index (κ2) is 1.78. The second-order valence-electron chi connectivity index (χ2n) is 1.56. The molecule has 0 aliphatic heterocycles. The minimum atomic E-state index is 0.618. The Balaban J connectivity index is 3.19. The zero-order valence-electron chi connectivity index (χ0n) is 4.56. The number of rotatable bonds is 0. The largest absolute Gasteiger partial charge is 0.271 e. The Labute approximate surface area is 53.1 Å². The van der Waals surface area contributed by atoms with Gasteiger partial charge in [0.2, 0.25) is 0 Å². The minimum absolute atomic E-state index is 0.618. The molecule has 0 bridgehead atoms. The van der Waals surface area contributed by atoms with Crippen LogP contribution in [0.5, 0.6) is 0 Å². The number of aromatic nitrogens is 2. The van der Waals surface area contributed by atoms with E-state index in [1.54, 1.807) is 17.9 Å². The zero-order chi connectivity index (χ0) is 6.15. The van der Waals surface area contributed by atoms with Crippen LogP contribution < -0.4 is 0 Å². The summed E-state index contributed by atoms with van der Waals surface area (Å²) in [5.74, 6) is 0. The van der Waals surface area contributed by atoms with Crippen LogP contribution in [0.15, 0.2) is 6.20 Å². The number of aryl methyl sites for hydroxylation is 1. The monoisotopic (exact) mass is 129 g/mol. The third kappa shape index (κ3) is 0.713. The van der Waals surface area contributed by atoms with Crippen LogP contribution in [-0.4, -0.2) is 9.78 Å². The van der Waals surface area contributed by atoms with E-state index in [0.717, 1.165) is 5.69 Å². The quantitative estimate of drug-likeness (QED) is 0.516. The van der Waals surface area contributed by atoms with Crippen molar-refractivity contribution in [3.63, 3.8) is 0 Å². The molecule has 8 heavy (non-hydrogen) atoms. The van der Waals surface area contributed by atoms with Crippen LogP contribution in [0.3, 0.4) is 0 Å².